The lowest BCUT2D eigenvalue weighted by atomic mass is 9.99. The first-order chi connectivity index (χ1) is 9.11. The first-order valence-corrected chi connectivity index (χ1v) is 7.34. The molecular formula is C13H19BrN4O. The summed E-state index contributed by atoms with van der Waals surface area (Å²) in [6, 6.07) is 1.90. The van der Waals surface area contributed by atoms with Gasteiger partial charge in [-0.25, -0.2) is 10.8 Å². The van der Waals surface area contributed by atoms with E-state index in [1.165, 1.54) is 25.7 Å². The van der Waals surface area contributed by atoms with Gasteiger partial charge in [0.05, 0.1) is 5.56 Å². The number of hydrogen-bond donors (Lipinski definition) is 3. The molecule has 1 saturated carbocycles. The molecule has 5 nitrogen and oxygen atoms in total. The van der Waals surface area contributed by atoms with E-state index >= 15 is 0 Å². The number of hydrogen-bond acceptors (Lipinski definition) is 4. The number of amides is 1. The minimum absolute atomic E-state index is 0.138. The monoisotopic (exact) mass is 326 g/mol. The molecule has 0 aliphatic heterocycles. The number of carbonyl (C=O) groups excluding carboxylic acids is 1. The summed E-state index contributed by atoms with van der Waals surface area (Å²) in [6.45, 7) is 2.06. The second-order valence-corrected chi connectivity index (χ2v) is 5.92. The molecule has 1 aromatic rings. The maximum atomic E-state index is 12.3. The zero-order valence-corrected chi connectivity index (χ0v) is 12.5. The second-order valence-electron chi connectivity index (χ2n) is 5.00. The molecule has 1 aliphatic rings. The Morgan fingerprint density at radius 3 is 2.84 bits per heavy atom. The fourth-order valence-corrected chi connectivity index (χ4v) is 2.92. The summed E-state index contributed by atoms with van der Waals surface area (Å²) in [6.07, 6.45) is 6.52. The summed E-state index contributed by atoms with van der Waals surface area (Å²) in [5.41, 5.74) is 2.91. The molecule has 6 heteroatoms. The van der Waals surface area contributed by atoms with Crippen LogP contribution in [0.4, 0.5) is 5.82 Å². The molecule has 0 radical (unpaired) electrons. The van der Waals surface area contributed by atoms with Crippen molar-refractivity contribution < 1.29 is 4.79 Å². The van der Waals surface area contributed by atoms with Gasteiger partial charge < -0.3 is 10.7 Å². The standard InChI is InChI=1S/C13H19BrN4O/c1-8(9-4-2-3-5-9)17-13(19)11-6-10(14)7-16-12(11)18-15/h6-9H,2-5,15H2,1H3,(H,16,18)(H,17,19). The molecule has 2 rings (SSSR count). The minimum Gasteiger partial charge on any atom is -0.349 e. The van der Waals surface area contributed by atoms with Crippen molar-refractivity contribution in [1.82, 2.24) is 10.3 Å². The Morgan fingerprint density at radius 2 is 2.21 bits per heavy atom. The summed E-state index contributed by atoms with van der Waals surface area (Å²) < 4.78 is 0.755. The van der Waals surface area contributed by atoms with Crippen LogP contribution in [0.1, 0.15) is 43.0 Å². The van der Waals surface area contributed by atoms with Crippen LogP contribution in [0.5, 0.6) is 0 Å². The van der Waals surface area contributed by atoms with E-state index in [0.29, 0.717) is 17.3 Å². The van der Waals surface area contributed by atoms with E-state index in [2.05, 4.69) is 38.6 Å². The fourth-order valence-electron chi connectivity index (χ4n) is 2.59. The van der Waals surface area contributed by atoms with Crippen LogP contribution in [0.15, 0.2) is 16.7 Å². The normalized spacial score (nSPS) is 17.2. The van der Waals surface area contributed by atoms with E-state index in [9.17, 15) is 4.79 Å². The number of nitrogens with zero attached hydrogens (tertiary/aromatic N) is 1. The van der Waals surface area contributed by atoms with E-state index in [1.54, 1.807) is 12.3 Å². The Hall–Kier alpha value is -1.14. The third-order valence-electron chi connectivity index (χ3n) is 3.70. The van der Waals surface area contributed by atoms with Crippen LogP contribution >= 0.6 is 15.9 Å². The topological polar surface area (TPSA) is 80.0 Å². The molecule has 104 valence electrons. The quantitative estimate of drug-likeness (QED) is 0.586. The number of halogens is 1. The number of aromatic nitrogens is 1. The Bertz CT molecular complexity index is 460. The van der Waals surface area contributed by atoms with Crippen molar-refractivity contribution in [3.8, 4) is 0 Å². The van der Waals surface area contributed by atoms with E-state index < -0.39 is 0 Å². The average Bonchev–Trinajstić information content (AvgIpc) is 2.92. The van der Waals surface area contributed by atoms with Crippen molar-refractivity contribution >= 4 is 27.7 Å². The van der Waals surface area contributed by atoms with Crippen LogP contribution in [0, 0.1) is 5.92 Å². The SMILES string of the molecule is CC(NC(=O)c1cc(Br)cnc1NN)C1CCCC1. The molecule has 0 saturated heterocycles. The van der Waals surface area contributed by atoms with E-state index in [4.69, 9.17) is 5.84 Å². The van der Waals surface area contributed by atoms with Gasteiger partial charge in [0.15, 0.2) is 5.82 Å². The zero-order valence-electron chi connectivity index (χ0n) is 10.9. The highest BCUT2D eigenvalue weighted by Gasteiger charge is 2.24. The highest BCUT2D eigenvalue weighted by molar-refractivity contribution is 9.10. The fraction of sp³-hybridized carbons (Fsp3) is 0.538. The number of anilines is 1. The van der Waals surface area contributed by atoms with Gasteiger partial charge in [0, 0.05) is 16.7 Å². The first-order valence-electron chi connectivity index (χ1n) is 6.55. The third kappa shape index (κ3) is 3.45. The van der Waals surface area contributed by atoms with Crippen molar-refractivity contribution in [2.45, 2.75) is 38.6 Å². The van der Waals surface area contributed by atoms with Crippen molar-refractivity contribution in [3.63, 3.8) is 0 Å². The van der Waals surface area contributed by atoms with Crippen LogP contribution in [0.25, 0.3) is 0 Å². The van der Waals surface area contributed by atoms with Crippen molar-refractivity contribution in [3.05, 3.63) is 22.3 Å². The van der Waals surface area contributed by atoms with Crippen molar-refractivity contribution in [2.24, 2.45) is 11.8 Å². The zero-order chi connectivity index (χ0) is 13.8. The molecule has 0 aromatic carbocycles. The largest absolute Gasteiger partial charge is 0.349 e. The van der Waals surface area contributed by atoms with Gasteiger partial charge in [0.25, 0.3) is 5.91 Å². The first kappa shape index (κ1) is 14.3. The molecule has 1 amide bonds. The lowest BCUT2D eigenvalue weighted by Gasteiger charge is -2.20. The van der Waals surface area contributed by atoms with Crippen molar-refractivity contribution in [1.29, 1.82) is 0 Å². The van der Waals surface area contributed by atoms with Crippen LogP contribution in [-0.4, -0.2) is 16.9 Å². The number of rotatable bonds is 4. The van der Waals surface area contributed by atoms with Gasteiger partial charge in [-0.15, -0.1) is 0 Å². The summed E-state index contributed by atoms with van der Waals surface area (Å²) in [4.78, 5) is 16.4. The number of nitrogens with two attached hydrogens (primary N) is 1. The Labute approximate surface area is 121 Å². The number of carbonyl (C=O) groups is 1. The van der Waals surface area contributed by atoms with Gasteiger partial charge in [-0.2, -0.15) is 0 Å². The van der Waals surface area contributed by atoms with Gasteiger partial charge in [-0.3, -0.25) is 4.79 Å². The van der Waals surface area contributed by atoms with Gasteiger partial charge in [0.1, 0.15) is 0 Å². The Kier molecular flexibility index (Phi) is 4.76. The van der Waals surface area contributed by atoms with Crippen LogP contribution in [-0.2, 0) is 0 Å². The van der Waals surface area contributed by atoms with E-state index in [0.717, 1.165) is 4.47 Å². The average molecular weight is 327 g/mol. The maximum Gasteiger partial charge on any atom is 0.255 e. The van der Waals surface area contributed by atoms with Crippen molar-refractivity contribution in [2.75, 3.05) is 5.43 Å². The molecule has 1 fully saturated rings. The molecule has 19 heavy (non-hydrogen) atoms. The van der Waals surface area contributed by atoms with E-state index in [-0.39, 0.29) is 11.9 Å². The second kappa shape index (κ2) is 6.34. The van der Waals surface area contributed by atoms with Gasteiger partial charge in [0.2, 0.25) is 0 Å². The van der Waals surface area contributed by atoms with Crippen LogP contribution in [0.2, 0.25) is 0 Å². The molecule has 1 aliphatic carbocycles. The lowest BCUT2D eigenvalue weighted by molar-refractivity contribution is 0.0927. The summed E-state index contributed by atoms with van der Waals surface area (Å²) in [7, 11) is 0. The lowest BCUT2D eigenvalue weighted by Crippen LogP contribution is -2.37. The van der Waals surface area contributed by atoms with Gasteiger partial charge in [-0.1, -0.05) is 12.8 Å². The van der Waals surface area contributed by atoms with Gasteiger partial charge >= 0.3 is 0 Å². The summed E-state index contributed by atoms with van der Waals surface area (Å²) >= 11 is 3.32. The highest BCUT2D eigenvalue weighted by Crippen LogP contribution is 2.28. The molecular weight excluding hydrogens is 308 g/mol. The van der Waals surface area contributed by atoms with Crippen LogP contribution in [0.3, 0.4) is 0 Å². The summed E-state index contributed by atoms with van der Waals surface area (Å²) in [5.74, 6) is 6.22. The highest BCUT2D eigenvalue weighted by atomic mass is 79.9. The third-order valence-corrected chi connectivity index (χ3v) is 4.14. The molecule has 1 unspecified atom stereocenters. The predicted molar refractivity (Wildman–Crippen MR) is 78.6 cm³/mol. The van der Waals surface area contributed by atoms with Crippen LogP contribution < -0.4 is 16.6 Å². The molecule has 1 heterocycles. The smallest absolute Gasteiger partial charge is 0.255 e. The predicted octanol–water partition coefficient (Wildman–Crippen LogP) is 2.44. The number of nitrogens with one attached hydrogen (secondary N) is 2. The molecule has 0 bridgehead atoms. The van der Waals surface area contributed by atoms with E-state index in [1.807, 2.05) is 0 Å². The maximum absolute atomic E-state index is 12.3. The minimum atomic E-state index is -0.138. The number of pyridine rings is 1. The number of nitrogen functional groups attached to an aromatic ring is 1. The molecule has 1 aromatic heterocycles. The number of hydrazine groups is 1. The molecule has 1 atom stereocenters. The Morgan fingerprint density at radius 1 is 1.53 bits per heavy atom. The van der Waals surface area contributed by atoms with Gasteiger partial charge in [-0.05, 0) is 47.7 Å². The Balaban J connectivity index is 2.08. The molecule has 0 spiro atoms. The molecule has 4 N–H and O–H groups in total. The summed E-state index contributed by atoms with van der Waals surface area (Å²) in [5, 5.41) is 3.04.